The average Bonchev–Trinajstić information content (AvgIpc) is 3.12. The fourth-order valence-corrected chi connectivity index (χ4v) is 3.42. The highest BCUT2D eigenvalue weighted by atomic mass is 32.1. The first kappa shape index (κ1) is 15.6. The second-order valence-corrected chi connectivity index (χ2v) is 6.68. The molecular formula is C17H18N4OS. The van der Waals surface area contributed by atoms with Gasteiger partial charge in [0.15, 0.2) is 5.82 Å². The van der Waals surface area contributed by atoms with Crippen LogP contribution in [0.4, 0.5) is 5.82 Å². The molecule has 0 spiro atoms. The summed E-state index contributed by atoms with van der Waals surface area (Å²) in [5.41, 5.74) is 2.50. The molecule has 1 aliphatic rings. The summed E-state index contributed by atoms with van der Waals surface area (Å²) in [6.45, 7) is 6.14. The summed E-state index contributed by atoms with van der Waals surface area (Å²) >= 11 is 1.69. The van der Waals surface area contributed by atoms with Crippen molar-refractivity contribution in [1.29, 1.82) is 0 Å². The lowest BCUT2D eigenvalue weighted by Crippen LogP contribution is -2.23. The van der Waals surface area contributed by atoms with Crippen LogP contribution in [0.5, 0.6) is 0 Å². The number of carbonyl (C=O) groups is 1. The number of rotatable bonds is 4. The second kappa shape index (κ2) is 6.42. The Kier molecular flexibility index (Phi) is 4.34. The van der Waals surface area contributed by atoms with Crippen LogP contribution in [-0.4, -0.2) is 21.6 Å². The molecule has 0 aromatic carbocycles. The molecule has 0 N–H and O–H groups in total. The molecule has 2 aromatic heterocycles. The molecule has 3 heterocycles. The number of hydrogen-bond acceptors (Lipinski definition) is 5. The molecule has 23 heavy (non-hydrogen) atoms. The van der Waals surface area contributed by atoms with Gasteiger partial charge in [-0.15, -0.1) is 11.3 Å². The second-order valence-electron chi connectivity index (χ2n) is 5.39. The van der Waals surface area contributed by atoms with Crippen LogP contribution >= 0.6 is 11.3 Å². The van der Waals surface area contributed by atoms with Crippen molar-refractivity contribution in [3.05, 3.63) is 46.1 Å². The van der Waals surface area contributed by atoms with Gasteiger partial charge in [0.05, 0.1) is 17.5 Å². The average molecular weight is 326 g/mol. The van der Waals surface area contributed by atoms with Gasteiger partial charge in [-0.1, -0.05) is 13.3 Å². The minimum absolute atomic E-state index is 0.127. The molecule has 0 aliphatic carbocycles. The molecule has 1 aliphatic heterocycles. The Morgan fingerprint density at radius 2 is 2.13 bits per heavy atom. The van der Waals surface area contributed by atoms with Crippen LogP contribution in [0.25, 0.3) is 5.57 Å². The van der Waals surface area contributed by atoms with E-state index in [1.807, 2.05) is 6.92 Å². The summed E-state index contributed by atoms with van der Waals surface area (Å²) < 4.78 is 0. The Balaban J connectivity index is 2.06. The van der Waals surface area contributed by atoms with E-state index in [1.54, 1.807) is 29.9 Å². The highest BCUT2D eigenvalue weighted by Crippen LogP contribution is 2.32. The van der Waals surface area contributed by atoms with Gasteiger partial charge in [-0.25, -0.2) is 4.98 Å². The van der Waals surface area contributed by atoms with E-state index >= 15 is 0 Å². The molecule has 0 radical (unpaired) electrons. The normalized spacial score (nSPS) is 16.7. The van der Waals surface area contributed by atoms with Gasteiger partial charge in [0.1, 0.15) is 0 Å². The third-order valence-corrected chi connectivity index (χ3v) is 4.77. The number of amides is 1. The van der Waals surface area contributed by atoms with Crippen molar-refractivity contribution in [3.8, 4) is 0 Å². The van der Waals surface area contributed by atoms with E-state index in [-0.39, 0.29) is 5.91 Å². The van der Waals surface area contributed by atoms with Gasteiger partial charge < -0.3 is 0 Å². The third-order valence-electron chi connectivity index (χ3n) is 3.65. The molecule has 5 nitrogen and oxygen atoms in total. The number of hydrogen-bond donors (Lipinski definition) is 0. The van der Waals surface area contributed by atoms with Crippen LogP contribution in [0.3, 0.4) is 0 Å². The van der Waals surface area contributed by atoms with Crippen LogP contribution in [0.2, 0.25) is 0 Å². The third kappa shape index (κ3) is 2.94. The molecule has 1 amide bonds. The zero-order chi connectivity index (χ0) is 16.4. The number of allylic oxidation sites excluding steroid dienone is 1. The predicted octanol–water partition coefficient (Wildman–Crippen LogP) is 3.82. The quantitative estimate of drug-likeness (QED) is 0.803. The molecule has 3 rings (SSSR count). The largest absolute Gasteiger partial charge is 0.282 e. The summed E-state index contributed by atoms with van der Waals surface area (Å²) in [4.78, 5) is 23.5. The number of nitrogens with zero attached hydrogens (tertiary/aromatic N) is 4. The minimum Gasteiger partial charge on any atom is -0.267 e. The highest BCUT2D eigenvalue weighted by molar-refractivity contribution is 7.13. The lowest BCUT2D eigenvalue weighted by atomic mass is 10.0. The van der Waals surface area contributed by atoms with Crippen LogP contribution in [0, 0.1) is 6.92 Å². The van der Waals surface area contributed by atoms with Gasteiger partial charge >= 0.3 is 0 Å². The van der Waals surface area contributed by atoms with Gasteiger partial charge in [0.25, 0.3) is 5.91 Å². The van der Waals surface area contributed by atoms with E-state index in [0.29, 0.717) is 11.4 Å². The standard InChI is InChI=1S/C17H18N4OS/c1-4-5-13-16(12(3)14-7-6-11(2)23-14)17(22)21(20-13)15-10-18-8-9-19-15/h6-10H,4-5H2,1-3H3. The van der Waals surface area contributed by atoms with E-state index in [4.69, 9.17) is 0 Å². The van der Waals surface area contributed by atoms with Crippen molar-refractivity contribution in [2.24, 2.45) is 5.10 Å². The van der Waals surface area contributed by atoms with Crippen molar-refractivity contribution in [2.45, 2.75) is 33.6 Å². The van der Waals surface area contributed by atoms with Crippen LogP contribution < -0.4 is 5.01 Å². The van der Waals surface area contributed by atoms with Crippen LogP contribution in [0.15, 0.2) is 41.4 Å². The van der Waals surface area contributed by atoms with E-state index in [2.05, 4.69) is 41.0 Å². The summed E-state index contributed by atoms with van der Waals surface area (Å²) in [5.74, 6) is 0.328. The first-order valence-electron chi connectivity index (χ1n) is 7.57. The maximum absolute atomic E-state index is 12.9. The Morgan fingerprint density at radius 1 is 1.30 bits per heavy atom. The summed E-state index contributed by atoms with van der Waals surface area (Å²) in [5, 5.41) is 5.87. The Labute approximate surface area is 139 Å². The predicted molar refractivity (Wildman–Crippen MR) is 93.5 cm³/mol. The van der Waals surface area contributed by atoms with Gasteiger partial charge in [0, 0.05) is 22.1 Å². The maximum atomic E-state index is 12.9. The highest BCUT2D eigenvalue weighted by Gasteiger charge is 2.33. The smallest absolute Gasteiger partial charge is 0.267 e. The number of aromatic nitrogens is 2. The molecule has 118 valence electrons. The summed E-state index contributed by atoms with van der Waals surface area (Å²) in [6.07, 6.45) is 6.39. The van der Waals surface area contributed by atoms with Crippen LogP contribution in [0.1, 0.15) is 36.4 Å². The Bertz CT molecular complexity index is 792. The van der Waals surface area contributed by atoms with E-state index in [9.17, 15) is 4.79 Å². The van der Waals surface area contributed by atoms with Gasteiger partial charge in [-0.3, -0.25) is 9.78 Å². The molecular weight excluding hydrogens is 308 g/mol. The first-order valence-corrected chi connectivity index (χ1v) is 8.39. The molecule has 0 saturated carbocycles. The molecule has 0 bridgehead atoms. The SMILES string of the molecule is CCCC1=NN(c2cnccn2)C(=O)C1=C(C)c1ccc(C)s1. The lowest BCUT2D eigenvalue weighted by molar-refractivity contribution is -0.114. The zero-order valence-electron chi connectivity index (χ0n) is 13.4. The van der Waals surface area contributed by atoms with Gasteiger partial charge in [-0.2, -0.15) is 10.1 Å². The molecule has 0 unspecified atom stereocenters. The van der Waals surface area contributed by atoms with E-state index in [0.717, 1.165) is 29.0 Å². The molecule has 2 aromatic rings. The number of hydrazone groups is 1. The molecule has 0 saturated heterocycles. The van der Waals surface area contributed by atoms with Gasteiger partial charge in [-0.05, 0) is 38.0 Å². The van der Waals surface area contributed by atoms with E-state index in [1.165, 1.54) is 9.89 Å². The molecule has 0 atom stereocenters. The van der Waals surface area contributed by atoms with Gasteiger partial charge in [0.2, 0.25) is 0 Å². The zero-order valence-corrected chi connectivity index (χ0v) is 14.2. The minimum atomic E-state index is -0.127. The lowest BCUT2D eigenvalue weighted by Gasteiger charge is -2.10. The maximum Gasteiger partial charge on any atom is 0.282 e. The molecule has 6 heteroatoms. The summed E-state index contributed by atoms with van der Waals surface area (Å²) in [6, 6.07) is 4.13. The molecule has 0 fully saturated rings. The monoisotopic (exact) mass is 326 g/mol. The van der Waals surface area contributed by atoms with Crippen molar-refractivity contribution in [3.63, 3.8) is 0 Å². The number of anilines is 1. The number of thiophene rings is 1. The number of carbonyl (C=O) groups excluding carboxylic acids is 1. The fourth-order valence-electron chi connectivity index (χ4n) is 2.55. The van der Waals surface area contributed by atoms with Crippen molar-refractivity contribution < 1.29 is 4.79 Å². The van der Waals surface area contributed by atoms with E-state index < -0.39 is 0 Å². The van der Waals surface area contributed by atoms with Crippen molar-refractivity contribution in [1.82, 2.24) is 9.97 Å². The Hall–Kier alpha value is -2.34. The fraction of sp³-hybridized carbons (Fsp3) is 0.294. The topological polar surface area (TPSA) is 58.5 Å². The summed E-state index contributed by atoms with van der Waals surface area (Å²) in [7, 11) is 0. The van der Waals surface area contributed by atoms with Crippen molar-refractivity contribution in [2.75, 3.05) is 5.01 Å². The number of aryl methyl sites for hydroxylation is 1. The van der Waals surface area contributed by atoms with Crippen molar-refractivity contribution >= 4 is 34.3 Å². The van der Waals surface area contributed by atoms with Crippen LogP contribution in [-0.2, 0) is 4.79 Å². The first-order chi connectivity index (χ1) is 11.1. The Morgan fingerprint density at radius 3 is 2.74 bits per heavy atom.